The molecule has 2 heterocycles. The Labute approximate surface area is 348 Å². The van der Waals surface area contributed by atoms with Gasteiger partial charge in [-0.05, 0) is 86.9 Å². The molecule has 4 amide bonds. The number of thioether (sulfide) groups is 1. The monoisotopic (exact) mass is 837 g/mol. The van der Waals surface area contributed by atoms with Crippen molar-refractivity contribution in [2.24, 2.45) is 0 Å². The number of carbonyl (C=O) groups is 4. The molecule has 4 aromatic carbocycles. The number of ether oxygens (including phenoxy) is 1. The number of hydrogen-bond donors (Lipinski definition) is 3. The van der Waals surface area contributed by atoms with Crippen LogP contribution in [-0.4, -0.2) is 40.9 Å². The van der Waals surface area contributed by atoms with E-state index in [-0.39, 0.29) is 28.2 Å². The second kappa shape index (κ2) is 18.1. The largest absolute Gasteiger partial charge is 0.444 e. The standard InChI is InChI=1S/C43H37Cl2N5O5S2/c1-43(2,3)55-42(54)50-21-20-30-32(24-46)41(57-36(30)25-50)49-40(53)37(26-12-6-4-7-13-26)56-29-17-10-16-28(22-29)47-39(52)35(23-31-33(44)18-11-19-34(31)45)48-38(51)27-14-8-5-9-15-27/h4-19,22-23,37H,20-21,25H2,1-3H3,(H,47,52)(H,48,51)(H,49,53)/b35-23+. The summed E-state index contributed by atoms with van der Waals surface area (Å²) in [5.41, 5.74) is 2.27. The van der Waals surface area contributed by atoms with Crippen molar-refractivity contribution in [1.29, 1.82) is 5.26 Å². The Hall–Kier alpha value is -5.58. The quantitative estimate of drug-likeness (QED) is 0.0940. The van der Waals surface area contributed by atoms with E-state index in [1.165, 1.54) is 29.2 Å². The number of benzene rings is 4. The van der Waals surface area contributed by atoms with Crippen LogP contribution in [-0.2, 0) is 27.3 Å². The van der Waals surface area contributed by atoms with Crippen LogP contribution in [0.25, 0.3) is 6.08 Å². The normalized spacial score (nSPS) is 13.1. The number of carbonyl (C=O) groups excluding carboxylic acids is 4. The van der Waals surface area contributed by atoms with Gasteiger partial charge in [-0.25, -0.2) is 4.79 Å². The molecule has 6 rings (SSSR count). The lowest BCUT2D eigenvalue weighted by molar-refractivity contribution is -0.116. The van der Waals surface area contributed by atoms with Crippen molar-refractivity contribution in [3.05, 3.63) is 152 Å². The first kappa shape index (κ1) is 41.1. The molecule has 0 saturated heterocycles. The van der Waals surface area contributed by atoms with E-state index in [0.29, 0.717) is 45.2 Å². The third-order valence-electron chi connectivity index (χ3n) is 8.56. The van der Waals surface area contributed by atoms with Crippen LogP contribution >= 0.6 is 46.3 Å². The summed E-state index contributed by atoms with van der Waals surface area (Å²) in [5, 5.41) is 19.0. The van der Waals surface area contributed by atoms with Gasteiger partial charge in [0.2, 0.25) is 5.91 Å². The minimum Gasteiger partial charge on any atom is -0.444 e. The van der Waals surface area contributed by atoms with Crippen molar-refractivity contribution in [3.8, 4) is 6.07 Å². The smallest absolute Gasteiger partial charge is 0.410 e. The zero-order chi connectivity index (χ0) is 40.7. The van der Waals surface area contributed by atoms with Crippen molar-refractivity contribution in [3.63, 3.8) is 0 Å². The Kier molecular flexibility index (Phi) is 13.1. The topological polar surface area (TPSA) is 141 Å². The van der Waals surface area contributed by atoms with Crippen LogP contribution in [0.15, 0.2) is 114 Å². The molecule has 10 nitrogen and oxygen atoms in total. The highest BCUT2D eigenvalue weighted by molar-refractivity contribution is 8.00. The summed E-state index contributed by atoms with van der Waals surface area (Å²) in [6.07, 6.45) is 1.44. The lowest BCUT2D eigenvalue weighted by Gasteiger charge is -2.29. The van der Waals surface area contributed by atoms with Gasteiger partial charge in [0.25, 0.3) is 11.8 Å². The van der Waals surface area contributed by atoms with Crippen LogP contribution < -0.4 is 16.0 Å². The molecule has 1 atom stereocenters. The predicted molar refractivity (Wildman–Crippen MR) is 226 cm³/mol. The Morgan fingerprint density at radius 2 is 1.58 bits per heavy atom. The SMILES string of the molecule is CC(C)(C)OC(=O)N1CCc2c(sc(NC(=O)C(Sc3cccc(NC(=O)/C(=C\c4c(Cl)cccc4Cl)NC(=O)c4ccccc4)c3)c3ccccc3)c2C#N)C1. The summed E-state index contributed by atoms with van der Waals surface area (Å²) >= 11 is 15.4. The molecular formula is C43H37Cl2N5O5S2. The molecule has 0 saturated carbocycles. The molecule has 5 aromatic rings. The van der Waals surface area contributed by atoms with Gasteiger partial charge in [0.15, 0.2) is 0 Å². The number of halogens is 2. The highest BCUT2D eigenvalue weighted by Crippen LogP contribution is 2.41. The molecule has 14 heteroatoms. The molecule has 290 valence electrons. The Morgan fingerprint density at radius 3 is 2.25 bits per heavy atom. The van der Waals surface area contributed by atoms with Crippen LogP contribution in [0.1, 0.15) is 63.5 Å². The van der Waals surface area contributed by atoms with E-state index in [1.807, 2.05) is 57.2 Å². The summed E-state index contributed by atoms with van der Waals surface area (Å²) in [4.78, 5) is 57.1. The number of nitrogens with one attached hydrogen (secondary N) is 3. The first-order valence-corrected chi connectivity index (χ1v) is 20.2. The summed E-state index contributed by atoms with van der Waals surface area (Å²) in [5.74, 6) is -1.50. The fourth-order valence-electron chi connectivity index (χ4n) is 5.89. The first-order chi connectivity index (χ1) is 27.3. The molecule has 1 aliphatic heterocycles. The van der Waals surface area contributed by atoms with Gasteiger partial charge in [-0.1, -0.05) is 83.9 Å². The fourth-order valence-corrected chi connectivity index (χ4v) is 8.69. The van der Waals surface area contributed by atoms with Crippen molar-refractivity contribution in [1.82, 2.24) is 10.2 Å². The van der Waals surface area contributed by atoms with Gasteiger partial charge in [0, 0.05) is 43.2 Å². The van der Waals surface area contributed by atoms with E-state index in [9.17, 15) is 24.4 Å². The first-order valence-electron chi connectivity index (χ1n) is 17.8. The molecule has 0 fully saturated rings. The van der Waals surface area contributed by atoms with Crippen LogP contribution in [0, 0.1) is 11.3 Å². The third kappa shape index (κ3) is 10.4. The van der Waals surface area contributed by atoms with E-state index in [1.54, 1.807) is 71.6 Å². The molecule has 0 spiro atoms. The average Bonchev–Trinajstić information content (AvgIpc) is 3.54. The second-order valence-electron chi connectivity index (χ2n) is 13.9. The number of hydrogen-bond acceptors (Lipinski definition) is 8. The van der Waals surface area contributed by atoms with Gasteiger partial charge in [-0.3, -0.25) is 14.4 Å². The predicted octanol–water partition coefficient (Wildman–Crippen LogP) is 10.1. The molecule has 0 radical (unpaired) electrons. The summed E-state index contributed by atoms with van der Waals surface area (Å²) in [7, 11) is 0. The molecule has 1 aromatic heterocycles. The number of fused-ring (bicyclic) bond motifs is 1. The number of nitriles is 1. The molecule has 3 N–H and O–H groups in total. The number of nitrogens with zero attached hydrogens (tertiary/aromatic N) is 2. The molecule has 57 heavy (non-hydrogen) atoms. The van der Waals surface area contributed by atoms with Gasteiger partial charge in [-0.15, -0.1) is 23.1 Å². The van der Waals surface area contributed by atoms with Crippen molar-refractivity contribution in [2.45, 2.75) is 49.5 Å². The maximum absolute atomic E-state index is 14.2. The Balaban J connectivity index is 1.23. The third-order valence-corrected chi connectivity index (χ3v) is 11.6. The van der Waals surface area contributed by atoms with E-state index < -0.39 is 28.8 Å². The Bertz CT molecular complexity index is 2370. The second-order valence-corrected chi connectivity index (χ2v) is 17.0. The van der Waals surface area contributed by atoms with Crippen LogP contribution in [0.3, 0.4) is 0 Å². The van der Waals surface area contributed by atoms with Gasteiger partial charge in [0.1, 0.15) is 27.6 Å². The fraction of sp³-hybridized carbons (Fsp3) is 0.186. The number of anilines is 2. The summed E-state index contributed by atoms with van der Waals surface area (Å²) in [6, 6.07) is 31.9. The van der Waals surface area contributed by atoms with Crippen LogP contribution in [0.4, 0.5) is 15.5 Å². The van der Waals surface area contributed by atoms with Gasteiger partial charge in [0.05, 0.1) is 12.1 Å². The van der Waals surface area contributed by atoms with Gasteiger partial charge >= 0.3 is 6.09 Å². The van der Waals surface area contributed by atoms with Crippen LogP contribution in [0.5, 0.6) is 0 Å². The minimum absolute atomic E-state index is 0.0976. The zero-order valence-corrected chi connectivity index (χ0v) is 34.2. The van der Waals surface area contributed by atoms with E-state index in [2.05, 4.69) is 22.0 Å². The summed E-state index contributed by atoms with van der Waals surface area (Å²) in [6.45, 7) is 6.09. The molecule has 0 aliphatic carbocycles. The minimum atomic E-state index is -0.760. The van der Waals surface area contributed by atoms with Gasteiger partial charge < -0.3 is 25.6 Å². The molecule has 1 aliphatic rings. The van der Waals surface area contributed by atoms with Gasteiger partial charge in [-0.2, -0.15) is 5.26 Å². The van der Waals surface area contributed by atoms with Crippen molar-refractivity contribution >= 4 is 86.9 Å². The lowest BCUT2D eigenvalue weighted by atomic mass is 10.0. The molecule has 0 bridgehead atoms. The molecule has 1 unspecified atom stereocenters. The Morgan fingerprint density at radius 1 is 0.912 bits per heavy atom. The van der Waals surface area contributed by atoms with E-state index in [4.69, 9.17) is 27.9 Å². The maximum atomic E-state index is 14.2. The highest BCUT2D eigenvalue weighted by atomic mass is 35.5. The number of amides is 4. The zero-order valence-electron chi connectivity index (χ0n) is 31.1. The van der Waals surface area contributed by atoms with E-state index in [0.717, 1.165) is 16.0 Å². The average molecular weight is 839 g/mol. The lowest BCUT2D eigenvalue weighted by Crippen LogP contribution is -2.39. The highest BCUT2D eigenvalue weighted by Gasteiger charge is 2.31. The maximum Gasteiger partial charge on any atom is 0.410 e. The van der Waals surface area contributed by atoms with Crippen LogP contribution in [0.2, 0.25) is 10.0 Å². The number of thiophene rings is 1. The van der Waals surface area contributed by atoms with Crippen molar-refractivity contribution < 1.29 is 23.9 Å². The molecular weight excluding hydrogens is 802 g/mol. The van der Waals surface area contributed by atoms with Crippen molar-refractivity contribution in [2.75, 3.05) is 17.2 Å². The number of rotatable bonds is 10. The van der Waals surface area contributed by atoms with E-state index >= 15 is 0 Å². The summed E-state index contributed by atoms with van der Waals surface area (Å²) < 4.78 is 5.56.